The summed E-state index contributed by atoms with van der Waals surface area (Å²) in [6, 6.07) is 8.47. The molecule has 1 aliphatic carbocycles. The number of fused-ring (bicyclic) bond motifs is 1. The predicted octanol–water partition coefficient (Wildman–Crippen LogP) is 2.71. The van der Waals surface area contributed by atoms with Crippen molar-refractivity contribution in [3.63, 3.8) is 0 Å². The lowest BCUT2D eigenvalue weighted by molar-refractivity contribution is -0.127. The molecular weight excluding hydrogens is 212 g/mol. The third-order valence-electron chi connectivity index (χ3n) is 4.02. The Kier molecular flexibility index (Phi) is 2.98. The monoisotopic (exact) mass is 230 g/mol. The van der Waals surface area contributed by atoms with Crippen LogP contribution in [0.2, 0.25) is 0 Å². The standard InChI is InChI=1S/C15H18O2/c16-15(12-5-3-7-17-10-12)9-13-8-11-4-1-2-6-14(11)13/h1-2,4,6,12-13H,3,5,7-10H2. The van der Waals surface area contributed by atoms with Crippen LogP contribution in [0.4, 0.5) is 0 Å². The van der Waals surface area contributed by atoms with E-state index >= 15 is 0 Å². The van der Waals surface area contributed by atoms with Gasteiger partial charge in [0.2, 0.25) is 0 Å². The molecule has 1 saturated heterocycles. The van der Waals surface area contributed by atoms with Crippen LogP contribution in [0.3, 0.4) is 0 Å². The molecule has 0 bridgehead atoms. The molecule has 1 heterocycles. The Labute approximate surface area is 102 Å². The zero-order chi connectivity index (χ0) is 11.7. The van der Waals surface area contributed by atoms with Crippen LogP contribution in [0.1, 0.15) is 36.3 Å². The van der Waals surface area contributed by atoms with Crippen LogP contribution in [0, 0.1) is 5.92 Å². The first kappa shape index (κ1) is 11.0. The molecule has 90 valence electrons. The second-order valence-electron chi connectivity index (χ2n) is 5.18. The normalized spacial score (nSPS) is 27.1. The first-order valence-electron chi connectivity index (χ1n) is 6.53. The van der Waals surface area contributed by atoms with E-state index in [0.717, 1.165) is 25.9 Å². The van der Waals surface area contributed by atoms with E-state index < -0.39 is 0 Å². The van der Waals surface area contributed by atoms with Gasteiger partial charge in [-0.05, 0) is 36.3 Å². The summed E-state index contributed by atoms with van der Waals surface area (Å²) < 4.78 is 5.39. The highest BCUT2D eigenvalue weighted by atomic mass is 16.5. The number of Topliss-reactive ketones (excluding diaryl/α,β-unsaturated/α-hetero) is 1. The Morgan fingerprint density at radius 1 is 1.35 bits per heavy atom. The molecule has 2 heteroatoms. The summed E-state index contributed by atoms with van der Waals surface area (Å²) in [5.41, 5.74) is 2.81. The van der Waals surface area contributed by atoms with Crippen LogP contribution in [-0.2, 0) is 16.0 Å². The molecule has 3 rings (SSSR count). The molecule has 2 aliphatic rings. The van der Waals surface area contributed by atoms with Crippen molar-refractivity contribution in [3.8, 4) is 0 Å². The van der Waals surface area contributed by atoms with Crippen LogP contribution >= 0.6 is 0 Å². The van der Waals surface area contributed by atoms with E-state index in [2.05, 4.69) is 24.3 Å². The average Bonchev–Trinajstić information content (AvgIpc) is 2.37. The number of carbonyl (C=O) groups excluding carboxylic acids is 1. The summed E-state index contributed by atoms with van der Waals surface area (Å²) in [4.78, 5) is 12.1. The Balaban J connectivity index is 1.60. The average molecular weight is 230 g/mol. The second kappa shape index (κ2) is 4.61. The van der Waals surface area contributed by atoms with Crippen LogP contribution in [0.5, 0.6) is 0 Å². The van der Waals surface area contributed by atoms with Crippen molar-refractivity contribution >= 4 is 5.78 Å². The van der Waals surface area contributed by atoms with Gasteiger partial charge in [0.1, 0.15) is 5.78 Å². The Morgan fingerprint density at radius 2 is 2.24 bits per heavy atom. The number of carbonyl (C=O) groups is 1. The largest absolute Gasteiger partial charge is 0.381 e. The molecule has 1 aromatic rings. The fourth-order valence-electron chi connectivity index (χ4n) is 2.95. The van der Waals surface area contributed by atoms with Crippen LogP contribution in [0.15, 0.2) is 24.3 Å². The number of rotatable bonds is 3. The summed E-state index contributed by atoms with van der Waals surface area (Å²) in [5, 5.41) is 0. The molecular formula is C15H18O2. The van der Waals surface area contributed by atoms with E-state index in [1.165, 1.54) is 11.1 Å². The fourth-order valence-corrected chi connectivity index (χ4v) is 2.95. The maximum atomic E-state index is 12.1. The minimum absolute atomic E-state index is 0.163. The van der Waals surface area contributed by atoms with Crippen molar-refractivity contribution in [2.24, 2.45) is 5.92 Å². The fraction of sp³-hybridized carbons (Fsp3) is 0.533. The highest BCUT2D eigenvalue weighted by Crippen LogP contribution is 2.38. The molecule has 0 radical (unpaired) electrons. The summed E-state index contributed by atoms with van der Waals surface area (Å²) in [7, 11) is 0. The number of ketones is 1. The van der Waals surface area contributed by atoms with E-state index in [9.17, 15) is 4.79 Å². The zero-order valence-electron chi connectivity index (χ0n) is 10.0. The van der Waals surface area contributed by atoms with Gasteiger partial charge in [-0.15, -0.1) is 0 Å². The third-order valence-corrected chi connectivity index (χ3v) is 4.02. The molecule has 1 aliphatic heterocycles. The van der Waals surface area contributed by atoms with Gasteiger partial charge in [0.25, 0.3) is 0 Å². The molecule has 0 spiro atoms. The molecule has 17 heavy (non-hydrogen) atoms. The van der Waals surface area contributed by atoms with Gasteiger partial charge in [-0.25, -0.2) is 0 Å². The van der Waals surface area contributed by atoms with Gasteiger partial charge in [0.05, 0.1) is 6.61 Å². The molecule has 2 nitrogen and oxygen atoms in total. The van der Waals surface area contributed by atoms with Gasteiger partial charge >= 0.3 is 0 Å². The smallest absolute Gasteiger partial charge is 0.138 e. The predicted molar refractivity (Wildman–Crippen MR) is 66.1 cm³/mol. The van der Waals surface area contributed by atoms with E-state index in [1.54, 1.807) is 0 Å². The van der Waals surface area contributed by atoms with Crippen molar-refractivity contribution in [3.05, 3.63) is 35.4 Å². The number of hydrogen-bond donors (Lipinski definition) is 0. The van der Waals surface area contributed by atoms with Crippen LogP contribution < -0.4 is 0 Å². The molecule has 0 saturated carbocycles. The highest BCUT2D eigenvalue weighted by Gasteiger charge is 2.30. The van der Waals surface area contributed by atoms with Crippen molar-refractivity contribution in [1.82, 2.24) is 0 Å². The summed E-state index contributed by atoms with van der Waals surface area (Å²) in [6.45, 7) is 1.48. The van der Waals surface area contributed by atoms with Crippen molar-refractivity contribution in [1.29, 1.82) is 0 Å². The van der Waals surface area contributed by atoms with Gasteiger partial charge in [-0.1, -0.05) is 24.3 Å². The Hall–Kier alpha value is -1.15. The van der Waals surface area contributed by atoms with E-state index in [0.29, 0.717) is 24.7 Å². The summed E-state index contributed by atoms with van der Waals surface area (Å²) in [5.74, 6) is 1.04. The van der Waals surface area contributed by atoms with Gasteiger partial charge in [0, 0.05) is 18.9 Å². The maximum absolute atomic E-state index is 12.1. The lowest BCUT2D eigenvalue weighted by atomic mass is 9.73. The topological polar surface area (TPSA) is 26.3 Å². The summed E-state index contributed by atoms with van der Waals surface area (Å²) >= 11 is 0. The third kappa shape index (κ3) is 2.14. The molecule has 2 unspecified atom stereocenters. The van der Waals surface area contributed by atoms with Crippen molar-refractivity contribution < 1.29 is 9.53 Å². The van der Waals surface area contributed by atoms with Crippen molar-refractivity contribution in [2.75, 3.05) is 13.2 Å². The lowest BCUT2D eigenvalue weighted by Gasteiger charge is -2.31. The van der Waals surface area contributed by atoms with Gasteiger partial charge in [-0.3, -0.25) is 4.79 Å². The minimum Gasteiger partial charge on any atom is -0.381 e. The Bertz CT molecular complexity index is 419. The van der Waals surface area contributed by atoms with Crippen LogP contribution in [0.25, 0.3) is 0 Å². The SMILES string of the molecule is O=C(CC1Cc2ccccc21)C1CCCOC1. The lowest BCUT2D eigenvalue weighted by Crippen LogP contribution is -2.29. The summed E-state index contributed by atoms with van der Waals surface area (Å²) in [6.07, 6.45) is 3.85. The molecule has 0 amide bonds. The number of ether oxygens (including phenoxy) is 1. The quantitative estimate of drug-likeness (QED) is 0.798. The van der Waals surface area contributed by atoms with Gasteiger partial charge in [-0.2, -0.15) is 0 Å². The molecule has 2 atom stereocenters. The van der Waals surface area contributed by atoms with Crippen LogP contribution in [-0.4, -0.2) is 19.0 Å². The number of hydrogen-bond acceptors (Lipinski definition) is 2. The highest BCUT2D eigenvalue weighted by molar-refractivity contribution is 5.82. The minimum atomic E-state index is 0.163. The first-order valence-corrected chi connectivity index (χ1v) is 6.53. The maximum Gasteiger partial charge on any atom is 0.138 e. The molecule has 1 fully saturated rings. The second-order valence-corrected chi connectivity index (χ2v) is 5.18. The van der Waals surface area contributed by atoms with Gasteiger partial charge < -0.3 is 4.74 Å². The van der Waals surface area contributed by atoms with E-state index in [4.69, 9.17) is 4.74 Å². The molecule has 0 N–H and O–H groups in total. The van der Waals surface area contributed by atoms with E-state index in [-0.39, 0.29) is 5.92 Å². The first-order chi connectivity index (χ1) is 8.34. The Morgan fingerprint density at radius 3 is 3.00 bits per heavy atom. The van der Waals surface area contributed by atoms with Gasteiger partial charge in [0.15, 0.2) is 0 Å². The zero-order valence-corrected chi connectivity index (χ0v) is 10.0. The molecule has 1 aromatic carbocycles. The number of benzene rings is 1. The van der Waals surface area contributed by atoms with E-state index in [1.807, 2.05) is 0 Å². The molecule has 0 aromatic heterocycles. The van der Waals surface area contributed by atoms with Crippen molar-refractivity contribution in [2.45, 2.75) is 31.6 Å².